The number of aryl methyl sites for hydroxylation is 1. The molecule has 0 bridgehead atoms. The Morgan fingerprint density at radius 3 is 2.39 bits per heavy atom. The van der Waals surface area contributed by atoms with Crippen molar-refractivity contribution >= 4 is 18.4 Å². The zero-order valence-corrected chi connectivity index (χ0v) is 13.3. The number of carbonyl (C=O) groups is 1. The minimum Gasteiger partial charge on any atom is -0.394 e. The Hall–Kier alpha value is -1.00. The quantitative estimate of drug-likeness (QED) is 0.366. The summed E-state index contributed by atoms with van der Waals surface area (Å²) in [5.74, 6) is -4.21. The van der Waals surface area contributed by atoms with Gasteiger partial charge in [-0.3, -0.25) is 4.79 Å². The largest absolute Gasteiger partial charge is 0.394 e. The van der Waals surface area contributed by atoms with Crippen LogP contribution in [0.25, 0.3) is 0 Å². The molecule has 0 saturated carbocycles. The molecule has 1 heterocycles. The van der Waals surface area contributed by atoms with E-state index in [2.05, 4.69) is 12.6 Å². The molecule has 2 rings (SSSR count). The van der Waals surface area contributed by atoms with Gasteiger partial charge in [0.25, 0.3) is 5.79 Å². The molecule has 8 heteroatoms. The fraction of sp³-hybridized carbons (Fsp3) is 0.533. The number of carbonyl (C=O) groups excluding carboxylic acids is 1. The second-order valence-electron chi connectivity index (χ2n) is 5.60. The Morgan fingerprint density at radius 2 is 1.87 bits per heavy atom. The fourth-order valence-electron chi connectivity index (χ4n) is 2.90. The molecule has 0 aliphatic carbocycles. The van der Waals surface area contributed by atoms with Crippen LogP contribution >= 0.6 is 12.6 Å². The lowest BCUT2D eigenvalue weighted by Gasteiger charge is -2.51. The van der Waals surface area contributed by atoms with Gasteiger partial charge in [-0.15, -0.1) is 0 Å². The molecule has 128 valence electrons. The highest BCUT2D eigenvalue weighted by Crippen LogP contribution is 2.42. The van der Waals surface area contributed by atoms with Crippen LogP contribution in [0.5, 0.6) is 0 Å². The van der Waals surface area contributed by atoms with Crippen molar-refractivity contribution in [3.63, 3.8) is 0 Å². The number of benzene rings is 1. The maximum atomic E-state index is 11.8. The van der Waals surface area contributed by atoms with E-state index >= 15 is 0 Å². The lowest BCUT2D eigenvalue weighted by Crippen LogP contribution is -2.72. The molecule has 5 N–H and O–H groups in total. The fourth-order valence-corrected chi connectivity index (χ4v) is 3.12. The highest BCUT2D eigenvalue weighted by molar-refractivity contribution is 7.81. The van der Waals surface area contributed by atoms with Crippen LogP contribution in [0.1, 0.15) is 11.1 Å². The second kappa shape index (κ2) is 6.48. The first-order valence-corrected chi connectivity index (χ1v) is 7.66. The molecule has 1 saturated heterocycles. The molecule has 23 heavy (non-hydrogen) atoms. The van der Waals surface area contributed by atoms with E-state index in [0.29, 0.717) is 5.56 Å². The van der Waals surface area contributed by atoms with Gasteiger partial charge >= 0.3 is 0 Å². The summed E-state index contributed by atoms with van der Waals surface area (Å²) in [6.45, 7) is 0.872. The van der Waals surface area contributed by atoms with Crippen LogP contribution in [0.15, 0.2) is 24.3 Å². The van der Waals surface area contributed by atoms with Gasteiger partial charge in [-0.25, -0.2) is 0 Å². The Bertz CT molecular complexity index is 591. The van der Waals surface area contributed by atoms with Crippen molar-refractivity contribution < 1.29 is 35.1 Å². The van der Waals surface area contributed by atoms with E-state index in [1.165, 1.54) is 6.07 Å². The van der Waals surface area contributed by atoms with Crippen molar-refractivity contribution in [2.75, 3.05) is 12.4 Å². The summed E-state index contributed by atoms with van der Waals surface area (Å²) in [5, 5.41) is 51.4. The summed E-state index contributed by atoms with van der Waals surface area (Å²) >= 11 is 3.73. The monoisotopic (exact) mass is 344 g/mol. The van der Waals surface area contributed by atoms with E-state index < -0.39 is 47.8 Å². The van der Waals surface area contributed by atoms with Crippen LogP contribution in [0.3, 0.4) is 0 Å². The van der Waals surface area contributed by atoms with Crippen LogP contribution < -0.4 is 0 Å². The van der Waals surface area contributed by atoms with Gasteiger partial charge in [-0.1, -0.05) is 24.3 Å². The van der Waals surface area contributed by atoms with Crippen LogP contribution in [-0.2, 0) is 15.1 Å². The molecule has 1 aliphatic heterocycles. The Labute approximate surface area is 138 Å². The highest BCUT2D eigenvalue weighted by Gasteiger charge is 2.63. The lowest BCUT2D eigenvalue weighted by atomic mass is 9.74. The van der Waals surface area contributed by atoms with Crippen molar-refractivity contribution in [3.05, 3.63) is 35.4 Å². The average molecular weight is 344 g/mol. The van der Waals surface area contributed by atoms with Crippen molar-refractivity contribution in [2.24, 2.45) is 0 Å². The van der Waals surface area contributed by atoms with Crippen molar-refractivity contribution in [3.8, 4) is 0 Å². The third kappa shape index (κ3) is 2.70. The minimum absolute atomic E-state index is 0.214. The van der Waals surface area contributed by atoms with Gasteiger partial charge in [-0.2, -0.15) is 12.6 Å². The molecule has 7 nitrogen and oxygen atoms in total. The van der Waals surface area contributed by atoms with Crippen LogP contribution in [0.2, 0.25) is 0 Å². The van der Waals surface area contributed by atoms with Gasteiger partial charge in [0, 0.05) is 0 Å². The van der Waals surface area contributed by atoms with E-state index in [-0.39, 0.29) is 5.56 Å². The lowest BCUT2D eigenvalue weighted by molar-refractivity contribution is -0.360. The van der Waals surface area contributed by atoms with Gasteiger partial charge in [0.1, 0.15) is 23.9 Å². The first kappa shape index (κ1) is 18.3. The Balaban J connectivity index is 2.55. The van der Waals surface area contributed by atoms with Crippen LogP contribution in [0, 0.1) is 6.92 Å². The number of thiol groups is 1. The number of Topliss-reactive ketones (excluding diaryl/α,β-unsaturated/α-hetero) is 1. The molecular weight excluding hydrogens is 324 g/mol. The second-order valence-corrected chi connectivity index (χ2v) is 5.91. The van der Waals surface area contributed by atoms with Crippen LogP contribution in [-0.4, -0.2) is 67.8 Å². The summed E-state index contributed by atoms with van der Waals surface area (Å²) in [6.07, 6.45) is -5.62. The molecule has 0 unspecified atom stereocenters. The SMILES string of the molecule is Cc1ccccc1[C@]1(O)[C@H](O)[C@@H](O)[C@@](O)(C(=O)CS)O[C@@H]1CO. The van der Waals surface area contributed by atoms with Crippen molar-refractivity contribution in [2.45, 2.75) is 36.6 Å². The number of rotatable bonds is 4. The Morgan fingerprint density at radius 1 is 1.26 bits per heavy atom. The highest BCUT2D eigenvalue weighted by atomic mass is 32.1. The maximum Gasteiger partial charge on any atom is 0.257 e. The summed E-state index contributed by atoms with van der Waals surface area (Å²) in [6, 6.07) is 6.49. The smallest absolute Gasteiger partial charge is 0.257 e. The number of aliphatic hydroxyl groups excluding tert-OH is 3. The molecule has 0 spiro atoms. The average Bonchev–Trinajstić information content (AvgIpc) is 2.55. The van der Waals surface area contributed by atoms with Gasteiger partial charge < -0.3 is 30.3 Å². The number of hydrogen-bond donors (Lipinski definition) is 6. The third-order valence-electron chi connectivity index (χ3n) is 4.25. The molecule has 1 aliphatic rings. The maximum absolute atomic E-state index is 11.8. The normalized spacial score (nSPS) is 37.6. The molecule has 5 atom stereocenters. The van der Waals surface area contributed by atoms with Crippen molar-refractivity contribution in [1.29, 1.82) is 0 Å². The molecule has 1 aromatic rings. The molecule has 0 amide bonds. The summed E-state index contributed by atoms with van der Waals surface area (Å²) in [4.78, 5) is 11.8. The predicted octanol–water partition coefficient (Wildman–Crippen LogP) is -1.52. The summed E-state index contributed by atoms with van der Waals surface area (Å²) in [5.41, 5.74) is -1.41. The van der Waals surface area contributed by atoms with E-state index in [1.54, 1.807) is 25.1 Å². The first-order valence-electron chi connectivity index (χ1n) is 7.03. The molecule has 0 radical (unpaired) electrons. The van der Waals surface area contributed by atoms with Gasteiger partial charge in [0.05, 0.1) is 12.4 Å². The van der Waals surface area contributed by atoms with Gasteiger partial charge in [-0.05, 0) is 18.1 Å². The van der Waals surface area contributed by atoms with E-state index in [1.807, 2.05) is 0 Å². The number of aliphatic hydroxyl groups is 5. The van der Waals surface area contributed by atoms with Gasteiger partial charge in [0.15, 0.2) is 0 Å². The van der Waals surface area contributed by atoms with E-state index in [9.17, 15) is 30.3 Å². The van der Waals surface area contributed by atoms with Crippen molar-refractivity contribution in [1.82, 2.24) is 0 Å². The zero-order valence-electron chi connectivity index (χ0n) is 12.5. The third-order valence-corrected chi connectivity index (χ3v) is 4.54. The number of hydrogen-bond acceptors (Lipinski definition) is 8. The topological polar surface area (TPSA) is 127 Å². The summed E-state index contributed by atoms with van der Waals surface area (Å²) in [7, 11) is 0. The number of ketones is 1. The standard InChI is InChI=1S/C15H20O7S/c1-8-4-2-3-5-9(8)14(20)11(6-16)22-15(21,10(17)7-23)13(19)12(14)18/h2-5,11-13,16,18-21,23H,6-7H2,1H3/t11-,12-,13-,14-,15-/m1/s1. The molecule has 1 aromatic carbocycles. The Kier molecular flexibility index (Phi) is 5.17. The first-order chi connectivity index (χ1) is 10.7. The van der Waals surface area contributed by atoms with E-state index in [4.69, 9.17) is 4.74 Å². The molecular formula is C15H20O7S. The molecule has 1 fully saturated rings. The van der Waals surface area contributed by atoms with Crippen LogP contribution in [0.4, 0.5) is 0 Å². The molecule has 0 aromatic heterocycles. The number of ether oxygens (including phenoxy) is 1. The zero-order chi connectivity index (χ0) is 17.4. The van der Waals surface area contributed by atoms with E-state index in [0.717, 1.165) is 0 Å². The predicted molar refractivity (Wildman–Crippen MR) is 82.9 cm³/mol. The summed E-state index contributed by atoms with van der Waals surface area (Å²) < 4.78 is 5.13. The minimum atomic E-state index is -2.76. The van der Waals surface area contributed by atoms with Gasteiger partial charge in [0.2, 0.25) is 5.78 Å².